The van der Waals surface area contributed by atoms with E-state index in [1.54, 1.807) is 6.92 Å². The van der Waals surface area contributed by atoms with Gasteiger partial charge in [-0.1, -0.05) is 6.92 Å². The molecule has 0 bridgehead atoms. The maximum atomic E-state index is 11.9. The molecule has 1 amide bonds. The van der Waals surface area contributed by atoms with Crippen molar-refractivity contribution in [2.24, 2.45) is 0 Å². The topological polar surface area (TPSA) is 41.1 Å². The Kier molecular flexibility index (Phi) is 7.06. The highest BCUT2D eigenvalue weighted by molar-refractivity contribution is 8.00. The molecule has 0 fully saturated rings. The normalized spacial score (nSPS) is 14.4. The molecule has 2 N–H and O–H groups in total. The molecule has 1 atom stereocenters. The highest BCUT2D eigenvalue weighted by Crippen LogP contribution is 2.29. The van der Waals surface area contributed by atoms with Gasteiger partial charge in [0.1, 0.15) is 0 Å². The minimum atomic E-state index is -4.21. The molecule has 0 aliphatic rings. The number of halogens is 3. The Balaban J connectivity index is 3.89. The lowest BCUT2D eigenvalue weighted by atomic mass is 10.0. The van der Waals surface area contributed by atoms with Crippen LogP contribution in [0.25, 0.3) is 0 Å². The lowest BCUT2D eigenvalue weighted by Gasteiger charge is -2.26. The quantitative estimate of drug-likeness (QED) is 0.707. The van der Waals surface area contributed by atoms with E-state index in [1.165, 1.54) is 0 Å². The summed E-state index contributed by atoms with van der Waals surface area (Å²) in [5.41, 5.74) is -4.51. The Bertz CT molecular complexity index is 270. The minimum Gasteiger partial charge on any atom is -0.350 e. The van der Waals surface area contributed by atoms with Gasteiger partial charge in [0.05, 0.1) is 6.04 Å². The molecule has 0 rings (SSSR count). The number of hydrogen-bond donors (Lipinski definition) is 2. The van der Waals surface area contributed by atoms with Gasteiger partial charge < -0.3 is 10.6 Å². The molecular weight excluding hydrogens is 265 g/mol. The van der Waals surface area contributed by atoms with Gasteiger partial charge in [0, 0.05) is 17.8 Å². The Morgan fingerprint density at radius 2 is 1.89 bits per heavy atom. The zero-order chi connectivity index (χ0) is 14.4. The van der Waals surface area contributed by atoms with Crippen LogP contribution in [-0.2, 0) is 4.79 Å². The lowest BCUT2D eigenvalue weighted by Crippen LogP contribution is -2.51. The number of carbonyl (C=O) groups is 1. The average Bonchev–Trinajstić information content (AvgIpc) is 2.22. The van der Waals surface area contributed by atoms with E-state index in [1.807, 2.05) is 20.8 Å². The molecule has 7 heteroatoms. The molecular formula is C11H21F3N2OS. The molecule has 0 saturated carbocycles. The Morgan fingerprint density at radius 1 is 1.33 bits per heavy atom. The molecule has 0 aromatic rings. The van der Waals surface area contributed by atoms with Crippen LogP contribution in [0.4, 0.5) is 13.2 Å². The zero-order valence-corrected chi connectivity index (χ0v) is 12.0. The van der Waals surface area contributed by atoms with Gasteiger partial charge in [-0.15, -0.1) is 0 Å². The summed E-state index contributed by atoms with van der Waals surface area (Å²) >= 11 is -0.0893. The molecule has 108 valence electrons. The van der Waals surface area contributed by atoms with E-state index in [0.717, 1.165) is 6.42 Å². The van der Waals surface area contributed by atoms with Gasteiger partial charge in [-0.2, -0.15) is 13.2 Å². The molecule has 0 spiro atoms. The smallest absolute Gasteiger partial charge is 0.350 e. The van der Waals surface area contributed by atoms with Gasteiger partial charge in [-0.25, -0.2) is 0 Å². The molecule has 1 unspecified atom stereocenters. The van der Waals surface area contributed by atoms with Crippen molar-refractivity contribution in [3.8, 4) is 0 Å². The van der Waals surface area contributed by atoms with Gasteiger partial charge in [0.25, 0.3) is 0 Å². The Hall–Kier alpha value is -0.430. The number of nitrogens with one attached hydrogen (secondary N) is 2. The standard InChI is InChI=1S/C11H21F3N2OS/c1-5-10(3,4)16-9(17)8(2)15-6-7-18-11(12,13)14/h8,15H,5-7H2,1-4H3,(H,16,17). The number of alkyl halides is 3. The SMILES string of the molecule is CCC(C)(C)NC(=O)C(C)NCCSC(F)(F)F. The van der Waals surface area contributed by atoms with Crippen molar-refractivity contribution >= 4 is 17.7 Å². The molecule has 0 saturated heterocycles. The Labute approximate surface area is 110 Å². The second-order valence-electron chi connectivity index (χ2n) is 4.70. The van der Waals surface area contributed by atoms with Crippen LogP contribution in [0.1, 0.15) is 34.1 Å². The maximum absolute atomic E-state index is 11.9. The fourth-order valence-corrected chi connectivity index (χ4v) is 1.52. The maximum Gasteiger partial charge on any atom is 0.441 e. The first-order valence-electron chi connectivity index (χ1n) is 5.83. The number of hydrogen-bond acceptors (Lipinski definition) is 3. The third-order valence-corrected chi connectivity index (χ3v) is 3.29. The molecule has 0 aliphatic heterocycles. The summed E-state index contributed by atoms with van der Waals surface area (Å²) in [5, 5.41) is 5.60. The molecule has 0 radical (unpaired) electrons. The van der Waals surface area contributed by atoms with Gasteiger partial charge in [-0.05, 0) is 39.0 Å². The first kappa shape index (κ1) is 17.6. The number of carbonyl (C=O) groups excluding carboxylic acids is 1. The monoisotopic (exact) mass is 286 g/mol. The van der Waals surface area contributed by atoms with E-state index >= 15 is 0 Å². The summed E-state index contributed by atoms with van der Waals surface area (Å²) in [6.45, 7) is 7.54. The van der Waals surface area contributed by atoms with E-state index in [-0.39, 0.29) is 35.5 Å². The molecule has 0 aromatic carbocycles. The fraction of sp³-hybridized carbons (Fsp3) is 0.909. The van der Waals surface area contributed by atoms with Gasteiger partial charge in [0.15, 0.2) is 0 Å². The van der Waals surface area contributed by atoms with Crippen molar-refractivity contribution in [3.05, 3.63) is 0 Å². The predicted octanol–water partition coefficient (Wildman–Crippen LogP) is 2.52. The number of amides is 1. The van der Waals surface area contributed by atoms with Crippen molar-refractivity contribution in [1.29, 1.82) is 0 Å². The van der Waals surface area contributed by atoms with Crippen molar-refractivity contribution in [1.82, 2.24) is 10.6 Å². The van der Waals surface area contributed by atoms with Crippen LogP contribution in [0.15, 0.2) is 0 Å². The number of rotatable bonds is 7. The van der Waals surface area contributed by atoms with Crippen LogP contribution in [0, 0.1) is 0 Å². The Morgan fingerprint density at radius 3 is 2.33 bits per heavy atom. The van der Waals surface area contributed by atoms with E-state index in [4.69, 9.17) is 0 Å². The highest BCUT2D eigenvalue weighted by Gasteiger charge is 2.27. The third kappa shape index (κ3) is 8.63. The minimum absolute atomic E-state index is 0.0893. The fourth-order valence-electron chi connectivity index (χ4n) is 1.07. The summed E-state index contributed by atoms with van der Waals surface area (Å²) < 4.78 is 35.6. The lowest BCUT2D eigenvalue weighted by molar-refractivity contribution is -0.124. The van der Waals surface area contributed by atoms with Crippen LogP contribution in [0.3, 0.4) is 0 Å². The molecule has 3 nitrogen and oxygen atoms in total. The second-order valence-corrected chi connectivity index (χ2v) is 5.86. The number of thioether (sulfide) groups is 1. The third-order valence-electron chi connectivity index (χ3n) is 2.56. The van der Waals surface area contributed by atoms with Crippen LogP contribution >= 0.6 is 11.8 Å². The molecule has 0 aliphatic carbocycles. The molecule has 0 aromatic heterocycles. The van der Waals surface area contributed by atoms with E-state index in [0.29, 0.717) is 0 Å². The molecule has 18 heavy (non-hydrogen) atoms. The highest BCUT2D eigenvalue weighted by atomic mass is 32.2. The van der Waals surface area contributed by atoms with E-state index < -0.39 is 11.6 Å². The van der Waals surface area contributed by atoms with Gasteiger partial charge in [-0.3, -0.25) is 4.79 Å². The van der Waals surface area contributed by atoms with Gasteiger partial charge in [0.2, 0.25) is 5.91 Å². The summed E-state index contributed by atoms with van der Waals surface area (Å²) in [6.07, 6.45) is 0.787. The average molecular weight is 286 g/mol. The van der Waals surface area contributed by atoms with Crippen molar-refractivity contribution in [3.63, 3.8) is 0 Å². The largest absolute Gasteiger partial charge is 0.441 e. The van der Waals surface area contributed by atoms with E-state index in [9.17, 15) is 18.0 Å². The van der Waals surface area contributed by atoms with Crippen LogP contribution in [-0.4, -0.2) is 35.3 Å². The first-order chi connectivity index (χ1) is 8.07. The molecule has 0 heterocycles. The van der Waals surface area contributed by atoms with Crippen LogP contribution < -0.4 is 10.6 Å². The summed E-state index contributed by atoms with van der Waals surface area (Å²) in [5.74, 6) is -0.294. The second kappa shape index (κ2) is 7.23. The van der Waals surface area contributed by atoms with Crippen molar-refractivity contribution in [2.45, 2.75) is 51.2 Å². The van der Waals surface area contributed by atoms with Gasteiger partial charge >= 0.3 is 5.51 Å². The van der Waals surface area contributed by atoms with Crippen LogP contribution in [0.2, 0.25) is 0 Å². The summed E-state index contributed by atoms with van der Waals surface area (Å²) in [6, 6.07) is -0.496. The summed E-state index contributed by atoms with van der Waals surface area (Å²) in [7, 11) is 0. The zero-order valence-electron chi connectivity index (χ0n) is 11.1. The van der Waals surface area contributed by atoms with Crippen molar-refractivity contribution in [2.75, 3.05) is 12.3 Å². The summed E-state index contributed by atoms with van der Waals surface area (Å²) in [4.78, 5) is 11.7. The van der Waals surface area contributed by atoms with Crippen LogP contribution in [0.5, 0.6) is 0 Å². The first-order valence-corrected chi connectivity index (χ1v) is 6.82. The van der Waals surface area contributed by atoms with E-state index in [2.05, 4.69) is 10.6 Å². The predicted molar refractivity (Wildman–Crippen MR) is 68.5 cm³/mol. The van der Waals surface area contributed by atoms with Crippen molar-refractivity contribution < 1.29 is 18.0 Å².